The molecule has 0 atom stereocenters. The van der Waals surface area contributed by atoms with Gasteiger partial charge >= 0.3 is 0 Å². The summed E-state index contributed by atoms with van der Waals surface area (Å²) >= 11 is 0. The number of piperidine rings is 1. The van der Waals surface area contributed by atoms with E-state index in [2.05, 4.69) is 15.6 Å². The number of carbonyl (C=O) groups is 2. The summed E-state index contributed by atoms with van der Waals surface area (Å²) in [5, 5.41) is 10.3. The quantitative estimate of drug-likeness (QED) is 0.714. The lowest BCUT2D eigenvalue weighted by molar-refractivity contribution is -0.136. The van der Waals surface area contributed by atoms with Crippen LogP contribution in [0, 0.1) is 5.92 Å². The molecule has 1 aromatic rings. The third-order valence-electron chi connectivity index (χ3n) is 3.56. The Bertz CT molecular complexity index is 478. The summed E-state index contributed by atoms with van der Waals surface area (Å²) in [7, 11) is 1.64. The molecule has 2 amide bonds. The van der Waals surface area contributed by atoms with Crippen molar-refractivity contribution in [3.8, 4) is 0 Å². The second-order valence-corrected chi connectivity index (χ2v) is 4.88. The molecule has 1 fully saturated rings. The van der Waals surface area contributed by atoms with Gasteiger partial charge in [0.05, 0.1) is 11.9 Å². The Morgan fingerprint density at radius 2 is 2.15 bits per heavy atom. The van der Waals surface area contributed by atoms with Gasteiger partial charge in [0, 0.05) is 32.6 Å². The summed E-state index contributed by atoms with van der Waals surface area (Å²) in [6.07, 6.45) is 3.09. The van der Waals surface area contributed by atoms with Crippen LogP contribution in [0.15, 0.2) is 6.20 Å². The molecule has 20 heavy (non-hydrogen) atoms. The van der Waals surface area contributed by atoms with E-state index in [4.69, 9.17) is 5.73 Å². The number of nitrogens with zero attached hydrogens (tertiary/aromatic N) is 4. The maximum atomic E-state index is 12.1. The van der Waals surface area contributed by atoms with Gasteiger partial charge in [-0.15, -0.1) is 5.10 Å². The topological polar surface area (TPSA) is 106 Å². The van der Waals surface area contributed by atoms with Crippen molar-refractivity contribution < 1.29 is 9.59 Å². The second-order valence-electron chi connectivity index (χ2n) is 4.88. The highest BCUT2D eigenvalue weighted by Gasteiger charge is 2.26. The summed E-state index contributed by atoms with van der Waals surface area (Å²) in [4.78, 5) is 25.4. The molecule has 0 aromatic carbocycles. The number of carbonyl (C=O) groups excluding carboxylic acids is 2. The van der Waals surface area contributed by atoms with Crippen LogP contribution in [0.2, 0.25) is 0 Å². The van der Waals surface area contributed by atoms with Crippen LogP contribution in [-0.4, -0.2) is 51.8 Å². The van der Waals surface area contributed by atoms with Gasteiger partial charge in [-0.2, -0.15) is 0 Å². The first kappa shape index (κ1) is 14.4. The largest absolute Gasteiger partial charge is 0.359 e. The van der Waals surface area contributed by atoms with E-state index in [1.54, 1.807) is 18.1 Å². The van der Waals surface area contributed by atoms with Crippen LogP contribution in [0.25, 0.3) is 0 Å². The number of nitrogens with two attached hydrogens (primary N) is 1. The van der Waals surface area contributed by atoms with E-state index in [0.717, 1.165) is 0 Å². The standard InChI is InChI=1S/C12H20N6O2/c1-14-12(20)9-2-4-17(5-3-9)11(19)8-18-7-10(6-13)15-16-18/h7,9H,2-6,8,13H2,1H3,(H,14,20). The van der Waals surface area contributed by atoms with Gasteiger partial charge in [0.1, 0.15) is 6.54 Å². The summed E-state index contributed by atoms with van der Waals surface area (Å²) in [5.41, 5.74) is 6.11. The van der Waals surface area contributed by atoms with E-state index in [-0.39, 0.29) is 24.3 Å². The minimum atomic E-state index is -0.00571. The van der Waals surface area contributed by atoms with Crippen molar-refractivity contribution in [1.29, 1.82) is 0 Å². The molecule has 8 heteroatoms. The lowest BCUT2D eigenvalue weighted by atomic mass is 9.96. The van der Waals surface area contributed by atoms with E-state index < -0.39 is 0 Å². The number of nitrogens with one attached hydrogen (secondary N) is 1. The van der Waals surface area contributed by atoms with Crippen molar-refractivity contribution >= 4 is 11.8 Å². The fourth-order valence-electron chi connectivity index (χ4n) is 2.34. The van der Waals surface area contributed by atoms with Gasteiger partial charge in [0.2, 0.25) is 11.8 Å². The maximum Gasteiger partial charge on any atom is 0.244 e. The zero-order valence-electron chi connectivity index (χ0n) is 11.6. The van der Waals surface area contributed by atoms with Crippen molar-refractivity contribution in [2.24, 2.45) is 11.7 Å². The number of hydrogen-bond acceptors (Lipinski definition) is 5. The molecular formula is C12H20N6O2. The summed E-state index contributed by atoms with van der Waals surface area (Å²) in [6.45, 7) is 1.69. The number of hydrogen-bond donors (Lipinski definition) is 2. The lowest BCUT2D eigenvalue weighted by Crippen LogP contribution is -2.43. The van der Waals surface area contributed by atoms with Gasteiger partial charge in [0.25, 0.3) is 0 Å². The Labute approximate surface area is 117 Å². The van der Waals surface area contributed by atoms with Crippen LogP contribution in [0.4, 0.5) is 0 Å². The monoisotopic (exact) mass is 280 g/mol. The average Bonchev–Trinajstić information content (AvgIpc) is 2.94. The number of rotatable bonds is 4. The molecule has 0 saturated carbocycles. The van der Waals surface area contributed by atoms with Crippen LogP contribution in [0.1, 0.15) is 18.5 Å². The minimum absolute atomic E-state index is 0.00571. The van der Waals surface area contributed by atoms with Crippen molar-refractivity contribution in [3.63, 3.8) is 0 Å². The molecule has 2 heterocycles. The highest BCUT2D eigenvalue weighted by atomic mass is 16.2. The normalized spacial score (nSPS) is 16.2. The van der Waals surface area contributed by atoms with E-state index in [0.29, 0.717) is 38.2 Å². The fourth-order valence-corrected chi connectivity index (χ4v) is 2.34. The molecule has 0 radical (unpaired) electrons. The molecule has 0 bridgehead atoms. The molecule has 1 saturated heterocycles. The van der Waals surface area contributed by atoms with E-state index >= 15 is 0 Å². The van der Waals surface area contributed by atoms with Gasteiger partial charge in [-0.3, -0.25) is 9.59 Å². The third kappa shape index (κ3) is 3.32. The molecular weight excluding hydrogens is 260 g/mol. The summed E-state index contributed by atoms with van der Waals surface area (Å²) in [6, 6.07) is 0. The Morgan fingerprint density at radius 3 is 2.70 bits per heavy atom. The second kappa shape index (κ2) is 6.47. The summed E-state index contributed by atoms with van der Waals surface area (Å²) < 4.78 is 1.50. The van der Waals surface area contributed by atoms with Crippen molar-refractivity contribution in [2.45, 2.75) is 25.9 Å². The van der Waals surface area contributed by atoms with Crippen LogP contribution < -0.4 is 11.1 Å². The SMILES string of the molecule is CNC(=O)C1CCN(C(=O)Cn2cc(CN)nn2)CC1. The number of aromatic nitrogens is 3. The molecule has 110 valence electrons. The lowest BCUT2D eigenvalue weighted by Gasteiger charge is -2.31. The number of amides is 2. The average molecular weight is 280 g/mol. The molecule has 1 aromatic heterocycles. The smallest absolute Gasteiger partial charge is 0.244 e. The first-order valence-electron chi connectivity index (χ1n) is 6.72. The number of likely N-dealkylation sites (tertiary alicyclic amines) is 1. The minimum Gasteiger partial charge on any atom is -0.359 e. The van der Waals surface area contributed by atoms with Crippen molar-refractivity contribution in [1.82, 2.24) is 25.2 Å². The van der Waals surface area contributed by atoms with Crippen LogP contribution in [-0.2, 0) is 22.7 Å². The fraction of sp³-hybridized carbons (Fsp3) is 0.667. The van der Waals surface area contributed by atoms with E-state index in [1.165, 1.54) is 4.68 Å². The third-order valence-corrected chi connectivity index (χ3v) is 3.56. The molecule has 0 aliphatic carbocycles. The molecule has 0 spiro atoms. The van der Waals surface area contributed by atoms with Crippen molar-refractivity contribution in [2.75, 3.05) is 20.1 Å². The Morgan fingerprint density at radius 1 is 1.45 bits per heavy atom. The van der Waals surface area contributed by atoms with Gasteiger partial charge < -0.3 is 16.0 Å². The van der Waals surface area contributed by atoms with Crippen LogP contribution in [0.5, 0.6) is 0 Å². The highest BCUT2D eigenvalue weighted by molar-refractivity contribution is 5.79. The van der Waals surface area contributed by atoms with Gasteiger partial charge in [-0.25, -0.2) is 4.68 Å². The Balaban J connectivity index is 1.84. The molecule has 1 aliphatic heterocycles. The first-order valence-corrected chi connectivity index (χ1v) is 6.72. The van der Waals surface area contributed by atoms with Crippen LogP contribution >= 0.6 is 0 Å². The van der Waals surface area contributed by atoms with Gasteiger partial charge in [0.15, 0.2) is 0 Å². The zero-order chi connectivity index (χ0) is 14.5. The molecule has 0 unspecified atom stereocenters. The first-order chi connectivity index (χ1) is 9.63. The van der Waals surface area contributed by atoms with Gasteiger partial charge in [-0.05, 0) is 12.8 Å². The Hall–Kier alpha value is -1.96. The molecule has 2 rings (SSSR count). The van der Waals surface area contributed by atoms with Crippen LogP contribution in [0.3, 0.4) is 0 Å². The van der Waals surface area contributed by atoms with Gasteiger partial charge in [-0.1, -0.05) is 5.21 Å². The molecule has 3 N–H and O–H groups in total. The highest BCUT2D eigenvalue weighted by Crippen LogP contribution is 2.17. The van der Waals surface area contributed by atoms with E-state index in [1.807, 2.05) is 0 Å². The molecule has 8 nitrogen and oxygen atoms in total. The van der Waals surface area contributed by atoms with Crippen molar-refractivity contribution in [3.05, 3.63) is 11.9 Å². The predicted molar refractivity (Wildman–Crippen MR) is 71.3 cm³/mol. The zero-order valence-corrected chi connectivity index (χ0v) is 11.6. The predicted octanol–water partition coefficient (Wildman–Crippen LogP) is -1.28. The Kier molecular flexibility index (Phi) is 4.67. The van der Waals surface area contributed by atoms with E-state index in [9.17, 15) is 9.59 Å². The molecule has 1 aliphatic rings. The summed E-state index contributed by atoms with van der Waals surface area (Å²) in [5.74, 6) is 0.0639. The maximum absolute atomic E-state index is 12.1.